The standard InChI is InChI=1S/C12H15FO/c1-8-3-4-10(13)7-11(8)12(5-6-12)9(2)14/h3-4,7,9,14H,5-6H2,1-2H3. The Morgan fingerprint density at radius 2 is 2.07 bits per heavy atom. The number of aliphatic hydroxyl groups is 1. The minimum Gasteiger partial charge on any atom is -0.392 e. The van der Waals surface area contributed by atoms with Crippen molar-refractivity contribution in [1.82, 2.24) is 0 Å². The first-order chi connectivity index (χ1) is 6.56. The van der Waals surface area contributed by atoms with E-state index in [2.05, 4.69) is 0 Å². The highest BCUT2D eigenvalue weighted by atomic mass is 19.1. The first-order valence-corrected chi connectivity index (χ1v) is 5.01. The van der Waals surface area contributed by atoms with Gasteiger partial charge in [-0.2, -0.15) is 0 Å². The highest BCUT2D eigenvalue weighted by Crippen LogP contribution is 2.51. The molecule has 1 aliphatic carbocycles. The molecule has 2 rings (SSSR count). The van der Waals surface area contributed by atoms with Gasteiger partial charge in [-0.1, -0.05) is 6.07 Å². The van der Waals surface area contributed by atoms with Crippen molar-refractivity contribution in [1.29, 1.82) is 0 Å². The Morgan fingerprint density at radius 1 is 1.43 bits per heavy atom. The van der Waals surface area contributed by atoms with Gasteiger partial charge in [-0.25, -0.2) is 4.39 Å². The summed E-state index contributed by atoms with van der Waals surface area (Å²) in [5.74, 6) is -0.211. The van der Waals surface area contributed by atoms with Crippen molar-refractivity contribution < 1.29 is 9.50 Å². The van der Waals surface area contributed by atoms with Crippen molar-refractivity contribution in [3.63, 3.8) is 0 Å². The summed E-state index contributed by atoms with van der Waals surface area (Å²) >= 11 is 0. The van der Waals surface area contributed by atoms with Crippen LogP contribution < -0.4 is 0 Å². The van der Waals surface area contributed by atoms with Gasteiger partial charge in [0.25, 0.3) is 0 Å². The third kappa shape index (κ3) is 1.34. The molecule has 0 spiro atoms. The SMILES string of the molecule is Cc1ccc(F)cc1C1(C(C)O)CC1. The van der Waals surface area contributed by atoms with Crippen molar-refractivity contribution in [2.24, 2.45) is 0 Å². The van der Waals surface area contributed by atoms with Gasteiger partial charge < -0.3 is 5.11 Å². The largest absolute Gasteiger partial charge is 0.392 e. The fourth-order valence-electron chi connectivity index (χ4n) is 2.18. The maximum Gasteiger partial charge on any atom is 0.123 e. The monoisotopic (exact) mass is 194 g/mol. The minimum absolute atomic E-state index is 0.161. The summed E-state index contributed by atoms with van der Waals surface area (Å²) in [7, 11) is 0. The lowest BCUT2D eigenvalue weighted by molar-refractivity contribution is 0.150. The molecule has 1 nitrogen and oxygen atoms in total. The molecule has 1 atom stereocenters. The fourth-order valence-corrected chi connectivity index (χ4v) is 2.18. The highest BCUT2D eigenvalue weighted by Gasteiger charge is 2.49. The molecular formula is C12H15FO. The van der Waals surface area contributed by atoms with E-state index in [1.807, 2.05) is 6.92 Å². The molecular weight excluding hydrogens is 179 g/mol. The highest BCUT2D eigenvalue weighted by molar-refractivity contribution is 5.39. The Balaban J connectivity index is 2.46. The number of rotatable bonds is 2. The molecule has 0 heterocycles. The first-order valence-electron chi connectivity index (χ1n) is 5.01. The van der Waals surface area contributed by atoms with Crippen LogP contribution in [0.2, 0.25) is 0 Å². The second-order valence-corrected chi connectivity index (χ2v) is 4.29. The lowest BCUT2D eigenvalue weighted by Crippen LogP contribution is -2.23. The summed E-state index contributed by atoms with van der Waals surface area (Å²) in [5, 5.41) is 9.69. The smallest absolute Gasteiger partial charge is 0.123 e. The van der Waals surface area contributed by atoms with Gasteiger partial charge in [-0.05, 0) is 49.9 Å². The van der Waals surface area contributed by atoms with Crippen LogP contribution in [0.3, 0.4) is 0 Å². The van der Waals surface area contributed by atoms with Crippen molar-refractivity contribution in [2.75, 3.05) is 0 Å². The van der Waals surface area contributed by atoms with E-state index in [0.29, 0.717) is 0 Å². The van der Waals surface area contributed by atoms with Crippen LogP contribution in [-0.4, -0.2) is 11.2 Å². The van der Waals surface area contributed by atoms with Crippen LogP contribution in [0.4, 0.5) is 4.39 Å². The van der Waals surface area contributed by atoms with Gasteiger partial charge >= 0.3 is 0 Å². The Kier molecular flexibility index (Phi) is 2.11. The maximum atomic E-state index is 13.1. The molecule has 1 aromatic rings. The van der Waals surface area contributed by atoms with E-state index in [-0.39, 0.29) is 17.3 Å². The van der Waals surface area contributed by atoms with Gasteiger partial charge in [0.15, 0.2) is 0 Å². The molecule has 1 aromatic carbocycles. The summed E-state index contributed by atoms with van der Waals surface area (Å²) in [4.78, 5) is 0. The topological polar surface area (TPSA) is 20.2 Å². The zero-order valence-electron chi connectivity index (χ0n) is 8.55. The summed E-state index contributed by atoms with van der Waals surface area (Å²) in [6.07, 6.45) is 1.55. The summed E-state index contributed by atoms with van der Waals surface area (Å²) in [5.41, 5.74) is 1.89. The third-order valence-electron chi connectivity index (χ3n) is 3.32. The molecule has 0 aromatic heterocycles. The van der Waals surface area contributed by atoms with Crippen LogP contribution >= 0.6 is 0 Å². The number of aliphatic hydroxyl groups excluding tert-OH is 1. The van der Waals surface area contributed by atoms with Crippen molar-refractivity contribution in [2.45, 2.75) is 38.2 Å². The first kappa shape index (κ1) is 9.66. The van der Waals surface area contributed by atoms with E-state index in [4.69, 9.17) is 0 Å². The number of benzene rings is 1. The van der Waals surface area contributed by atoms with Crippen LogP contribution in [0, 0.1) is 12.7 Å². The molecule has 1 unspecified atom stereocenters. The summed E-state index contributed by atoms with van der Waals surface area (Å²) in [6, 6.07) is 4.82. The van der Waals surface area contributed by atoms with Gasteiger partial charge in [0.1, 0.15) is 5.82 Å². The van der Waals surface area contributed by atoms with Crippen LogP contribution in [0.15, 0.2) is 18.2 Å². The average Bonchev–Trinajstić information content (AvgIpc) is 2.90. The zero-order chi connectivity index (χ0) is 10.3. The maximum absolute atomic E-state index is 13.1. The van der Waals surface area contributed by atoms with Crippen molar-refractivity contribution >= 4 is 0 Å². The van der Waals surface area contributed by atoms with E-state index >= 15 is 0 Å². The van der Waals surface area contributed by atoms with Crippen molar-refractivity contribution in [3.8, 4) is 0 Å². The van der Waals surface area contributed by atoms with Crippen LogP contribution in [-0.2, 0) is 5.41 Å². The molecule has 14 heavy (non-hydrogen) atoms. The second-order valence-electron chi connectivity index (χ2n) is 4.29. The molecule has 1 aliphatic rings. The normalized spacial score (nSPS) is 20.6. The number of hydrogen-bond donors (Lipinski definition) is 1. The lowest BCUT2D eigenvalue weighted by Gasteiger charge is -2.21. The second kappa shape index (κ2) is 3.06. The van der Waals surface area contributed by atoms with Gasteiger partial charge in [0, 0.05) is 5.41 Å². The lowest BCUT2D eigenvalue weighted by atomic mass is 9.87. The summed E-state index contributed by atoms with van der Waals surface area (Å²) < 4.78 is 13.1. The molecule has 76 valence electrons. The molecule has 1 N–H and O–H groups in total. The molecule has 2 heteroatoms. The minimum atomic E-state index is -0.386. The quantitative estimate of drug-likeness (QED) is 0.767. The molecule has 0 saturated heterocycles. The fraction of sp³-hybridized carbons (Fsp3) is 0.500. The van der Waals surface area contributed by atoms with E-state index < -0.39 is 0 Å². The van der Waals surface area contributed by atoms with Crippen LogP contribution in [0.1, 0.15) is 30.9 Å². The molecule has 0 amide bonds. The third-order valence-corrected chi connectivity index (χ3v) is 3.32. The molecule has 1 saturated carbocycles. The number of aryl methyl sites for hydroxylation is 1. The Bertz CT molecular complexity index is 353. The van der Waals surface area contributed by atoms with Gasteiger partial charge in [-0.15, -0.1) is 0 Å². The molecule has 0 aliphatic heterocycles. The van der Waals surface area contributed by atoms with E-state index in [0.717, 1.165) is 24.0 Å². The van der Waals surface area contributed by atoms with Gasteiger partial charge in [-0.3, -0.25) is 0 Å². The number of halogens is 1. The van der Waals surface area contributed by atoms with Crippen molar-refractivity contribution in [3.05, 3.63) is 35.1 Å². The predicted molar refractivity (Wildman–Crippen MR) is 53.7 cm³/mol. The Hall–Kier alpha value is -0.890. The van der Waals surface area contributed by atoms with Gasteiger partial charge in [0.2, 0.25) is 0 Å². The van der Waals surface area contributed by atoms with Crippen LogP contribution in [0.5, 0.6) is 0 Å². The van der Waals surface area contributed by atoms with E-state index in [1.54, 1.807) is 19.1 Å². The zero-order valence-corrected chi connectivity index (χ0v) is 8.55. The van der Waals surface area contributed by atoms with Gasteiger partial charge in [0.05, 0.1) is 6.10 Å². The Labute approximate surface area is 83.6 Å². The molecule has 1 fully saturated rings. The molecule has 0 radical (unpaired) electrons. The Morgan fingerprint density at radius 3 is 2.57 bits per heavy atom. The summed E-state index contributed by atoms with van der Waals surface area (Å²) in [6.45, 7) is 3.76. The predicted octanol–water partition coefficient (Wildman–Crippen LogP) is 2.55. The average molecular weight is 194 g/mol. The van der Waals surface area contributed by atoms with Crippen LogP contribution in [0.25, 0.3) is 0 Å². The number of hydrogen-bond acceptors (Lipinski definition) is 1. The van der Waals surface area contributed by atoms with E-state index in [1.165, 1.54) is 6.07 Å². The van der Waals surface area contributed by atoms with E-state index in [9.17, 15) is 9.50 Å². The molecule has 0 bridgehead atoms.